The second kappa shape index (κ2) is 15.5. The Morgan fingerprint density at radius 2 is 1.66 bits per heavy atom. The summed E-state index contributed by atoms with van der Waals surface area (Å²) in [6.45, 7) is 8.20. The first-order valence-corrected chi connectivity index (χ1v) is 16.5. The average molecular weight is 645 g/mol. The molecule has 2 aromatic carbocycles. The molecule has 0 spiro atoms. The van der Waals surface area contributed by atoms with E-state index in [0.717, 1.165) is 83.8 Å². The Morgan fingerprint density at radius 1 is 0.915 bits per heavy atom. The van der Waals surface area contributed by atoms with Gasteiger partial charge in [0.05, 0.1) is 43.3 Å². The van der Waals surface area contributed by atoms with Crippen molar-refractivity contribution in [3.8, 4) is 22.8 Å². The van der Waals surface area contributed by atoms with Gasteiger partial charge in [0.1, 0.15) is 17.1 Å². The number of rotatable bonds is 15. The summed E-state index contributed by atoms with van der Waals surface area (Å²) in [6.07, 6.45) is 11.3. The maximum atomic E-state index is 12.7. The van der Waals surface area contributed by atoms with Crippen LogP contribution in [0.1, 0.15) is 59.3 Å². The molecule has 4 aromatic rings. The van der Waals surface area contributed by atoms with Gasteiger partial charge in [-0.05, 0) is 77.5 Å². The smallest absolute Gasteiger partial charge is 0.410 e. The summed E-state index contributed by atoms with van der Waals surface area (Å²) < 4.78 is 23.9. The number of anilines is 2. The molecule has 1 aliphatic rings. The van der Waals surface area contributed by atoms with Crippen LogP contribution in [0.3, 0.4) is 0 Å². The number of carbonyl (C=O) groups excluding carboxylic acids is 1. The van der Waals surface area contributed by atoms with Crippen LogP contribution in [0.15, 0.2) is 55.0 Å². The SMILES string of the molecule is COCCCN(CCCCn1cc(-c2cnc3ccc(N(c4cc(OC)cc(OC)c4)C4CCC4)cc3n2)cn1)C(=O)OC(C)(C)C. The fourth-order valence-electron chi connectivity index (χ4n) is 5.65. The Labute approximate surface area is 277 Å². The second-order valence-electron chi connectivity index (χ2n) is 13.0. The highest BCUT2D eigenvalue weighted by Crippen LogP contribution is 2.40. The topological polar surface area (TPSA) is 104 Å². The lowest BCUT2D eigenvalue weighted by atomic mass is 9.90. The van der Waals surface area contributed by atoms with E-state index in [2.05, 4.69) is 34.3 Å². The predicted molar refractivity (Wildman–Crippen MR) is 184 cm³/mol. The molecule has 0 atom stereocenters. The number of aromatic nitrogens is 4. The first kappa shape index (κ1) is 34.0. The van der Waals surface area contributed by atoms with Crippen LogP contribution in [-0.2, 0) is 16.0 Å². The molecule has 11 heteroatoms. The summed E-state index contributed by atoms with van der Waals surface area (Å²) in [7, 11) is 5.02. The van der Waals surface area contributed by atoms with Crippen molar-refractivity contribution >= 4 is 28.5 Å². The van der Waals surface area contributed by atoms with Crippen LogP contribution >= 0.6 is 0 Å². The Balaban J connectivity index is 1.27. The molecule has 252 valence electrons. The zero-order chi connectivity index (χ0) is 33.4. The first-order chi connectivity index (χ1) is 22.7. The van der Waals surface area contributed by atoms with Crippen molar-refractivity contribution < 1.29 is 23.7 Å². The van der Waals surface area contributed by atoms with Gasteiger partial charge in [-0.1, -0.05) is 0 Å². The third-order valence-corrected chi connectivity index (χ3v) is 8.28. The number of aryl methyl sites for hydroxylation is 1. The average Bonchev–Trinajstić information content (AvgIpc) is 3.51. The zero-order valence-corrected chi connectivity index (χ0v) is 28.6. The van der Waals surface area contributed by atoms with Gasteiger partial charge < -0.3 is 28.7 Å². The van der Waals surface area contributed by atoms with Crippen LogP contribution in [0.25, 0.3) is 22.3 Å². The molecule has 2 heterocycles. The summed E-state index contributed by atoms with van der Waals surface area (Å²) in [6, 6.07) is 12.6. The van der Waals surface area contributed by atoms with Gasteiger partial charge in [-0.25, -0.2) is 9.78 Å². The zero-order valence-electron chi connectivity index (χ0n) is 28.6. The first-order valence-electron chi connectivity index (χ1n) is 16.5. The van der Waals surface area contributed by atoms with Gasteiger partial charge in [0.15, 0.2) is 0 Å². The van der Waals surface area contributed by atoms with E-state index in [-0.39, 0.29) is 6.09 Å². The summed E-state index contributed by atoms with van der Waals surface area (Å²) in [5, 5.41) is 4.59. The van der Waals surface area contributed by atoms with Gasteiger partial charge in [-0.2, -0.15) is 5.10 Å². The molecule has 0 aliphatic heterocycles. The van der Waals surface area contributed by atoms with Gasteiger partial charge in [0.25, 0.3) is 0 Å². The van der Waals surface area contributed by atoms with Gasteiger partial charge >= 0.3 is 6.09 Å². The van der Waals surface area contributed by atoms with Crippen molar-refractivity contribution in [3.63, 3.8) is 0 Å². The van der Waals surface area contributed by atoms with Crippen molar-refractivity contribution in [1.82, 2.24) is 24.6 Å². The molecule has 47 heavy (non-hydrogen) atoms. The molecular weight excluding hydrogens is 596 g/mol. The van der Waals surface area contributed by atoms with E-state index in [0.29, 0.717) is 25.7 Å². The number of amides is 1. The van der Waals surface area contributed by atoms with Crippen LogP contribution in [0.5, 0.6) is 11.5 Å². The van der Waals surface area contributed by atoms with Gasteiger partial charge in [-0.15, -0.1) is 0 Å². The number of fused-ring (bicyclic) bond motifs is 1. The Bertz CT molecular complexity index is 1610. The molecule has 0 bridgehead atoms. The van der Waals surface area contributed by atoms with E-state index in [1.165, 1.54) is 6.42 Å². The van der Waals surface area contributed by atoms with E-state index in [4.69, 9.17) is 28.9 Å². The molecule has 1 amide bonds. The summed E-state index contributed by atoms with van der Waals surface area (Å²) in [5.41, 5.74) is 4.89. The number of methoxy groups -OCH3 is 3. The minimum absolute atomic E-state index is 0.285. The highest BCUT2D eigenvalue weighted by Gasteiger charge is 2.28. The van der Waals surface area contributed by atoms with Gasteiger partial charge in [-0.3, -0.25) is 9.67 Å². The van der Waals surface area contributed by atoms with E-state index < -0.39 is 5.60 Å². The maximum Gasteiger partial charge on any atom is 0.410 e. The number of nitrogens with zero attached hydrogens (tertiary/aromatic N) is 6. The molecular formula is C36H48N6O5. The fourth-order valence-corrected chi connectivity index (χ4v) is 5.65. The quantitative estimate of drug-likeness (QED) is 0.124. The highest BCUT2D eigenvalue weighted by molar-refractivity contribution is 5.83. The molecule has 1 aliphatic carbocycles. The lowest BCUT2D eigenvalue weighted by Gasteiger charge is -2.39. The van der Waals surface area contributed by atoms with Crippen LogP contribution in [-0.4, -0.2) is 83.4 Å². The van der Waals surface area contributed by atoms with Crippen molar-refractivity contribution in [2.24, 2.45) is 0 Å². The van der Waals surface area contributed by atoms with Crippen molar-refractivity contribution in [2.75, 3.05) is 45.9 Å². The van der Waals surface area contributed by atoms with Crippen LogP contribution < -0.4 is 14.4 Å². The van der Waals surface area contributed by atoms with E-state index in [1.54, 1.807) is 32.4 Å². The van der Waals surface area contributed by atoms with Crippen LogP contribution in [0.2, 0.25) is 0 Å². The van der Waals surface area contributed by atoms with Crippen LogP contribution in [0, 0.1) is 0 Å². The summed E-state index contributed by atoms with van der Waals surface area (Å²) in [5.74, 6) is 1.51. The van der Waals surface area contributed by atoms with E-state index >= 15 is 0 Å². The second-order valence-corrected chi connectivity index (χ2v) is 13.0. The van der Waals surface area contributed by atoms with Crippen LogP contribution in [0.4, 0.5) is 16.2 Å². The Hall–Kier alpha value is -4.38. The molecule has 2 aromatic heterocycles. The molecule has 11 nitrogen and oxygen atoms in total. The maximum absolute atomic E-state index is 12.7. The molecule has 1 fully saturated rings. The Kier molecular flexibility index (Phi) is 11.2. The molecule has 5 rings (SSSR count). The van der Waals surface area contributed by atoms with Gasteiger partial charge in [0, 0.05) is 80.7 Å². The number of hydrogen-bond acceptors (Lipinski definition) is 9. The number of ether oxygens (including phenoxy) is 4. The predicted octanol–water partition coefficient (Wildman–Crippen LogP) is 7.25. The summed E-state index contributed by atoms with van der Waals surface area (Å²) >= 11 is 0. The lowest BCUT2D eigenvalue weighted by molar-refractivity contribution is 0.0232. The number of benzene rings is 2. The van der Waals surface area contributed by atoms with Crippen molar-refractivity contribution in [1.29, 1.82) is 0 Å². The Morgan fingerprint density at radius 3 is 2.32 bits per heavy atom. The third kappa shape index (κ3) is 8.91. The standard InChI is InChI=1S/C36H48N6O5/c1-36(2,3)47-35(43)40(16-10-18-44-4)15-7-8-17-41-25-26(23-38-41)34-24-37-32-14-13-28(21-33(32)39-34)42(27-11-9-12-27)29-19-30(45-5)22-31(20-29)46-6/h13-14,19-25,27H,7-12,15-18H2,1-6H3. The minimum Gasteiger partial charge on any atom is -0.497 e. The van der Waals surface area contributed by atoms with Gasteiger partial charge in [0.2, 0.25) is 0 Å². The normalized spacial score (nSPS) is 13.3. The third-order valence-electron chi connectivity index (χ3n) is 8.28. The highest BCUT2D eigenvalue weighted by atomic mass is 16.6. The minimum atomic E-state index is -0.532. The number of unbranched alkanes of at least 4 members (excludes halogenated alkanes) is 1. The molecule has 0 N–H and O–H groups in total. The summed E-state index contributed by atoms with van der Waals surface area (Å²) in [4.78, 5) is 26.6. The van der Waals surface area contributed by atoms with E-state index in [9.17, 15) is 4.79 Å². The lowest BCUT2D eigenvalue weighted by Crippen LogP contribution is -2.38. The van der Waals surface area contributed by atoms with Crippen molar-refractivity contribution in [3.05, 3.63) is 55.0 Å². The molecule has 1 saturated carbocycles. The molecule has 0 radical (unpaired) electrons. The van der Waals surface area contributed by atoms with E-state index in [1.807, 2.05) is 50.0 Å². The molecule has 0 saturated heterocycles. The van der Waals surface area contributed by atoms with Crippen molar-refractivity contribution in [2.45, 2.75) is 77.5 Å². The molecule has 0 unspecified atom stereocenters. The largest absolute Gasteiger partial charge is 0.497 e. The number of carbonyl (C=O) groups is 1. The monoisotopic (exact) mass is 644 g/mol. The number of hydrogen-bond donors (Lipinski definition) is 0. The fraction of sp³-hybridized carbons (Fsp3) is 0.500.